The topological polar surface area (TPSA) is 79.5 Å². The fraction of sp³-hybridized carbons (Fsp3) is 0.176. The Morgan fingerprint density at radius 3 is 2.54 bits per heavy atom. The Hall–Kier alpha value is -2.73. The summed E-state index contributed by atoms with van der Waals surface area (Å²) < 4.78 is 5.21. The van der Waals surface area contributed by atoms with Gasteiger partial charge in [-0.05, 0) is 29.8 Å². The molecule has 0 saturated carbocycles. The summed E-state index contributed by atoms with van der Waals surface area (Å²) in [5.41, 5.74) is 1.82. The van der Waals surface area contributed by atoms with Crippen LogP contribution in [0.4, 0.5) is 16.2 Å². The van der Waals surface area contributed by atoms with E-state index in [0.717, 1.165) is 5.56 Å². The van der Waals surface area contributed by atoms with Crippen LogP contribution in [0.15, 0.2) is 42.5 Å². The summed E-state index contributed by atoms with van der Waals surface area (Å²) in [5, 5.41) is 8.66. The maximum atomic E-state index is 12.1. The lowest BCUT2D eigenvalue weighted by Crippen LogP contribution is -2.28. The van der Waals surface area contributed by atoms with Crippen molar-refractivity contribution in [2.75, 3.05) is 17.7 Å². The van der Waals surface area contributed by atoms with Crippen molar-refractivity contribution < 1.29 is 14.3 Å². The Morgan fingerprint density at radius 1 is 1.12 bits per heavy atom. The average molecular weight is 348 g/mol. The largest absolute Gasteiger partial charge is 0.495 e. The molecule has 24 heavy (non-hydrogen) atoms. The van der Waals surface area contributed by atoms with Gasteiger partial charge in [-0.15, -0.1) is 0 Å². The summed E-state index contributed by atoms with van der Waals surface area (Å²) in [6.45, 7) is 1.70. The van der Waals surface area contributed by atoms with Crippen LogP contribution in [-0.2, 0) is 11.3 Å². The summed E-state index contributed by atoms with van der Waals surface area (Å²) in [6.07, 6.45) is 0. The normalized spacial score (nSPS) is 9.96. The third-order valence-electron chi connectivity index (χ3n) is 3.17. The molecule has 6 nitrogen and oxygen atoms in total. The first-order valence-electron chi connectivity index (χ1n) is 7.23. The molecule has 7 heteroatoms. The molecule has 0 fully saturated rings. The van der Waals surface area contributed by atoms with E-state index in [-0.39, 0.29) is 5.91 Å². The van der Waals surface area contributed by atoms with Crippen LogP contribution in [0.5, 0.6) is 5.75 Å². The van der Waals surface area contributed by atoms with Crippen molar-refractivity contribution in [1.29, 1.82) is 0 Å². The average Bonchev–Trinajstić information content (AvgIpc) is 2.54. The number of ether oxygens (including phenoxy) is 1. The number of anilines is 2. The third-order valence-corrected chi connectivity index (χ3v) is 3.53. The van der Waals surface area contributed by atoms with Crippen molar-refractivity contribution in [2.45, 2.75) is 13.5 Å². The van der Waals surface area contributed by atoms with E-state index in [9.17, 15) is 9.59 Å². The van der Waals surface area contributed by atoms with Crippen LogP contribution in [0.2, 0.25) is 5.02 Å². The minimum absolute atomic E-state index is 0.200. The zero-order valence-corrected chi connectivity index (χ0v) is 14.1. The monoisotopic (exact) mass is 347 g/mol. The quantitative estimate of drug-likeness (QED) is 0.772. The van der Waals surface area contributed by atoms with Gasteiger partial charge in [0.15, 0.2) is 0 Å². The Morgan fingerprint density at radius 2 is 1.88 bits per heavy atom. The molecule has 0 spiro atoms. The number of benzene rings is 2. The van der Waals surface area contributed by atoms with Gasteiger partial charge in [-0.1, -0.05) is 29.8 Å². The second kappa shape index (κ2) is 8.21. The number of urea groups is 1. The van der Waals surface area contributed by atoms with E-state index in [1.807, 2.05) is 18.2 Å². The summed E-state index contributed by atoms with van der Waals surface area (Å²) in [4.78, 5) is 23.2. The van der Waals surface area contributed by atoms with Crippen LogP contribution in [0.3, 0.4) is 0 Å². The fourth-order valence-electron chi connectivity index (χ4n) is 2.07. The van der Waals surface area contributed by atoms with Gasteiger partial charge in [-0.25, -0.2) is 4.79 Å². The number of halogens is 1. The highest BCUT2D eigenvalue weighted by Gasteiger charge is 2.09. The van der Waals surface area contributed by atoms with Gasteiger partial charge in [0.25, 0.3) is 0 Å². The smallest absolute Gasteiger partial charge is 0.319 e. The first kappa shape index (κ1) is 17.6. The van der Waals surface area contributed by atoms with E-state index in [4.69, 9.17) is 16.3 Å². The van der Waals surface area contributed by atoms with E-state index >= 15 is 0 Å². The molecule has 0 aromatic heterocycles. The third kappa shape index (κ3) is 4.89. The van der Waals surface area contributed by atoms with Crippen molar-refractivity contribution >= 4 is 34.9 Å². The molecule has 0 aliphatic rings. The molecule has 3 amide bonds. The first-order chi connectivity index (χ1) is 11.5. The Labute approximate surface area is 145 Å². The van der Waals surface area contributed by atoms with Gasteiger partial charge in [0.05, 0.1) is 12.8 Å². The van der Waals surface area contributed by atoms with Crippen molar-refractivity contribution in [3.63, 3.8) is 0 Å². The lowest BCUT2D eigenvalue weighted by atomic mass is 10.2. The molecular formula is C17H18ClN3O3. The molecule has 126 valence electrons. The van der Waals surface area contributed by atoms with Crippen molar-refractivity contribution in [2.24, 2.45) is 0 Å². The molecule has 2 rings (SSSR count). The zero-order chi connectivity index (χ0) is 17.5. The predicted octanol–water partition coefficient (Wildman–Crippen LogP) is 3.63. The van der Waals surface area contributed by atoms with Gasteiger partial charge in [-0.3, -0.25) is 4.79 Å². The lowest BCUT2D eigenvalue weighted by Gasteiger charge is -2.13. The molecule has 2 aromatic carbocycles. The molecule has 3 N–H and O–H groups in total. The SMILES string of the molecule is COc1ccc(NC(C)=O)cc1NC(=O)NCc1ccccc1Cl. The Bertz CT molecular complexity index is 750. The molecule has 0 heterocycles. The number of hydrogen-bond acceptors (Lipinski definition) is 3. The van der Waals surface area contributed by atoms with Gasteiger partial charge in [0.2, 0.25) is 5.91 Å². The number of amides is 3. The fourth-order valence-corrected chi connectivity index (χ4v) is 2.27. The van der Waals surface area contributed by atoms with E-state index in [1.54, 1.807) is 24.3 Å². The van der Waals surface area contributed by atoms with Crippen LogP contribution in [0.25, 0.3) is 0 Å². The van der Waals surface area contributed by atoms with E-state index in [2.05, 4.69) is 16.0 Å². The van der Waals surface area contributed by atoms with Gasteiger partial charge < -0.3 is 20.7 Å². The standard InChI is InChI=1S/C17H18ClN3O3/c1-11(22)20-13-7-8-16(24-2)15(9-13)21-17(23)19-10-12-5-3-4-6-14(12)18/h3-9H,10H2,1-2H3,(H,20,22)(H2,19,21,23). The minimum Gasteiger partial charge on any atom is -0.495 e. The summed E-state index contributed by atoms with van der Waals surface area (Å²) in [6, 6.07) is 11.8. The molecule has 0 atom stereocenters. The number of carbonyl (C=O) groups excluding carboxylic acids is 2. The summed E-state index contributed by atoms with van der Waals surface area (Å²) in [7, 11) is 1.50. The molecule has 0 unspecified atom stereocenters. The molecule has 0 radical (unpaired) electrons. The maximum absolute atomic E-state index is 12.1. The Balaban J connectivity index is 2.04. The number of carbonyl (C=O) groups is 2. The number of rotatable bonds is 5. The van der Waals surface area contributed by atoms with Crippen LogP contribution in [-0.4, -0.2) is 19.0 Å². The molecule has 2 aromatic rings. The van der Waals surface area contributed by atoms with Gasteiger partial charge in [0, 0.05) is 24.2 Å². The predicted molar refractivity (Wildman–Crippen MR) is 94.6 cm³/mol. The Kier molecular flexibility index (Phi) is 6.03. The highest BCUT2D eigenvalue weighted by atomic mass is 35.5. The number of nitrogens with one attached hydrogen (secondary N) is 3. The van der Waals surface area contributed by atoms with Gasteiger partial charge in [-0.2, -0.15) is 0 Å². The van der Waals surface area contributed by atoms with E-state index in [1.165, 1.54) is 14.0 Å². The molecule has 0 aliphatic heterocycles. The highest BCUT2D eigenvalue weighted by molar-refractivity contribution is 6.31. The summed E-state index contributed by atoms with van der Waals surface area (Å²) >= 11 is 6.05. The molecule has 0 aliphatic carbocycles. The van der Waals surface area contributed by atoms with E-state index < -0.39 is 6.03 Å². The van der Waals surface area contributed by atoms with Crippen LogP contribution in [0, 0.1) is 0 Å². The number of methoxy groups -OCH3 is 1. The maximum Gasteiger partial charge on any atom is 0.319 e. The molecule has 0 saturated heterocycles. The van der Waals surface area contributed by atoms with Crippen LogP contribution < -0.4 is 20.7 Å². The molecule has 0 bridgehead atoms. The van der Waals surface area contributed by atoms with Gasteiger partial charge >= 0.3 is 6.03 Å². The van der Waals surface area contributed by atoms with Gasteiger partial charge in [0.1, 0.15) is 5.75 Å². The lowest BCUT2D eigenvalue weighted by molar-refractivity contribution is -0.114. The second-order valence-corrected chi connectivity index (χ2v) is 5.40. The minimum atomic E-state index is -0.409. The zero-order valence-electron chi connectivity index (χ0n) is 13.4. The summed E-state index contributed by atoms with van der Waals surface area (Å²) in [5.74, 6) is 0.284. The van der Waals surface area contributed by atoms with Crippen LogP contribution >= 0.6 is 11.6 Å². The van der Waals surface area contributed by atoms with E-state index in [0.29, 0.717) is 28.7 Å². The van der Waals surface area contributed by atoms with Crippen molar-refractivity contribution in [3.8, 4) is 5.75 Å². The second-order valence-electron chi connectivity index (χ2n) is 5.00. The molecular weight excluding hydrogens is 330 g/mol. The highest BCUT2D eigenvalue weighted by Crippen LogP contribution is 2.27. The number of hydrogen-bond donors (Lipinski definition) is 3. The van der Waals surface area contributed by atoms with Crippen LogP contribution in [0.1, 0.15) is 12.5 Å². The first-order valence-corrected chi connectivity index (χ1v) is 7.61. The van der Waals surface area contributed by atoms with Crippen molar-refractivity contribution in [1.82, 2.24) is 5.32 Å². The van der Waals surface area contributed by atoms with Crippen molar-refractivity contribution in [3.05, 3.63) is 53.1 Å².